The van der Waals surface area contributed by atoms with Gasteiger partial charge < -0.3 is 11.1 Å². The summed E-state index contributed by atoms with van der Waals surface area (Å²) in [6.07, 6.45) is 0. The standard InChI is InChI=1S/C18H19N5O/c1-12-6-5-9-15(10-12)20-18(24)16-17(19)23(22-21-16)11-14-8-4-3-7-13(14)2/h3-10H,11,19H2,1-2H3,(H,20,24). The fourth-order valence-electron chi connectivity index (χ4n) is 2.46. The molecule has 3 rings (SSSR count). The molecule has 0 unspecified atom stereocenters. The Morgan fingerprint density at radius 3 is 2.71 bits per heavy atom. The molecule has 0 radical (unpaired) electrons. The number of nitrogens with one attached hydrogen (secondary N) is 1. The van der Waals surface area contributed by atoms with Gasteiger partial charge in [-0.15, -0.1) is 5.10 Å². The summed E-state index contributed by atoms with van der Waals surface area (Å²) in [4.78, 5) is 12.4. The SMILES string of the molecule is Cc1cccc(NC(=O)c2nnn(Cc3ccccc3C)c2N)c1. The molecule has 3 aromatic rings. The first-order chi connectivity index (χ1) is 11.5. The van der Waals surface area contributed by atoms with Crippen molar-refractivity contribution < 1.29 is 4.79 Å². The molecule has 24 heavy (non-hydrogen) atoms. The van der Waals surface area contributed by atoms with Crippen LogP contribution in [0.25, 0.3) is 0 Å². The molecule has 122 valence electrons. The van der Waals surface area contributed by atoms with E-state index in [0.29, 0.717) is 12.2 Å². The van der Waals surface area contributed by atoms with Crippen molar-refractivity contribution in [2.75, 3.05) is 11.1 Å². The van der Waals surface area contributed by atoms with Crippen molar-refractivity contribution in [2.24, 2.45) is 0 Å². The number of carbonyl (C=O) groups excluding carboxylic acids is 1. The summed E-state index contributed by atoms with van der Waals surface area (Å²) in [5.41, 5.74) is 10.2. The zero-order valence-electron chi connectivity index (χ0n) is 13.7. The number of aryl methyl sites for hydroxylation is 2. The minimum absolute atomic E-state index is 0.130. The molecule has 3 N–H and O–H groups in total. The van der Waals surface area contributed by atoms with E-state index >= 15 is 0 Å². The van der Waals surface area contributed by atoms with Crippen molar-refractivity contribution in [3.05, 3.63) is 70.9 Å². The van der Waals surface area contributed by atoms with E-state index in [9.17, 15) is 4.79 Å². The third-order valence-electron chi connectivity index (χ3n) is 3.85. The van der Waals surface area contributed by atoms with Gasteiger partial charge in [-0.05, 0) is 42.7 Å². The number of anilines is 2. The Hall–Kier alpha value is -3.15. The maximum absolute atomic E-state index is 12.4. The van der Waals surface area contributed by atoms with Crippen LogP contribution in [0.3, 0.4) is 0 Å². The number of amides is 1. The molecule has 0 aliphatic carbocycles. The summed E-state index contributed by atoms with van der Waals surface area (Å²) in [5.74, 6) is -0.113. The Morgan fingerprint density at radius 1 is 1.17 bits per heavy atom. The Morgan fingerprint density at radius 2 is 1.96 bits per heavy atom. The lowest BCUT2D eigenvalue weighted by Gasteiger charge is -2.07. The minimum atomic E-state index is -0.367. The second-order valence-corrected chi connectivity index (χ2v) is 5.73. The number of benzene rings is 2. The molecule has 0 aliphatic rings. The molecular weight excluding hydrogens is 302 g/mol. The molecular formula is C18H19N5O. The van der Waals surface area contributed by atoms with Gasteiger partial charge in [-0.2, -0.15) is 0 Å². The van der Waals surface area contributed by atoms with Crippen LogP contribution in [-0.2, 0) is 6.54 Å². The molecule has 6 heteroatoms. The zero-order chi connectivity index (χ0) is 17.1. The minimum Gasteiger partial charge on any atom is -0.382 e. The number of nitrogens with two attached hydrogens (primary N) is 1. The second-order valence-electron chi connectivity index (χ2n) is 5.73. The summed E-state index contributed by atoms with van der Waals surface area (Å²) in [7, 11) is 0. The third-order valence-corrected chi connectivity index (χ3v) is 3.85. The highest BCUT2D eigenvalue weighted by atomic mass is 16.2. The van der Waals surface area contributed by atoms with Crippen LogP contribution < -0.4 is 11.1 Å². The van der Waals surface area contributed by atoms with Gasteiger partial charge in [-0.3, -0.25) is 4.79 Å². The van der Waals surface area contributed by atoms with Crippen molar-refractivity contribution in [1.82, 2.24) is 15.0 Å². The quantitative estimate of drug-likeness (QED) is 0.773. The summed E-state index contributed by atoms with van der Waals surface area (Å²) < 4.78 is 1.54. The van der Waals surface area contributed by atoms with E-state index < -0.39 is 0 Å². The maximum Gasteiger partial charge on any atom is 0.280 e. The number of carbonyl (C=O) groups is 1. The summed E-state index contributed by atoms with van der Waals surface area (Å²) >= 11 is 0. The highest BCUT2D eigenvalue weighted by molar-refractivity contribution is 6.05. The van der Waals surface area contributed by atoms with Crippen molar-refractivity contribution in [3.8, 4) is 0 Å². The smallest absolute Gasteiger partial charge is 0.280 e. The number of hydrogen-bond donors (Lipinski definition) is 2. The van der Waals surface area contributed by atoms with Crippen LogP contribution in [0.5, 0.6) is 0 Å². The number of hydrogen-bond acceptors (Lipinski definition) is 4. The summed E-state index contributed by atoms with van der Waals surface area (Å²) in [5, 5.41) is 10.7. The van der Waals surface area contributed by atoms with E-state index in [1.165, 1.54) is 4.68 Å². The van der Waals surface area contributed by atoms with Crippen LogP contribution in [0, 0.1) is 13.8 Å². The van der Waals surface area contributed by atoms with Crippen LogP contribution >= 0.6 is 0 Å². The largest absolute Gasteiger partial charge is 0.382 e. The van der Waals surface area contributed by atoms with Gasteiger partial charge in [-0.1, -0.05) is 41.6 Å². The zero-order valence-corrected chi connectivity index (χ0v) is 13.7. The van der Waals surface area contributed by atoms with E-state index in [2.05, 4.69) is 15.6 Å². The molecule has 1 aromatic heterocycles. The summed E-state index contributed by atoms with van der Waals surface area (Å²) in [6.45, 7) is 4.46. The van der Waals surface area contributed by atoms with E-state index in [4.69, 9.17) is 5.73 Å². The van der Waals surface area contributed by atoms with Crippen LogP contribution in [0.15, 0.2) is 48.5 Å². The van der Waals surface area contributed by atoms with Gasteiger partial charge in [0.2, 0.25) is 0 Å². The third kappa shape index (κ3) is 3.27. The predicted octanol–water partition coefficient (Wildman–Crippen LogP) is 2.78. The molecule has 0 fully saturated rings. The average Bonchev–Trinajstić information content (AvgIpc) is 2.91. The lowest BCUT2D eigenvalue weighted by molar-refractivity contribution is 0.102. The molecule has 0 saturated carbocycles. The van der Waals surface area contributed by atoms with Crippen molar-refractivity contribution in [3.63, 3.8) is 0 Å². The van der Waals surface area contributed by atoms with Crippen molar-refractivity contribution in [1.29, 1.82) is 0 Å². The van der Waals surface area contributed by atoms with Gasteiger partial charge in [0.1, 0.15) is 0 Å². The van der Waals surface area contributed by atoms with E-state index in [0.717, 1.165) is 16.7 Å². The first-order valence-corrected chi connectivity index (χ1v) is 7.66. The van der Waals surface area contributed by atoms with Gasteiger partial charge in [0, 0.05) is 5.69 Å². The second kappa shape index (κ2) is 6.54. The first kappa shape index (κ1) is 15.7. The lowest BCUT2D eigenvalue weighted by Crippen LogP contribution is -2.15. The highest BCUT2D eigenvalue weighted by Gasteiger charge is 2.18. The molecule has 0 spiro atoms. The van der Waals surface area contributed by atoms with Gasteiger partial charge in [0.15, 0.2) is 11.5 Å². The average molecular weight is 321 g/mol. The van der Waals surface area contributed by atoms with Crippen LogP contribution in [0.1, 0.15) is 27.2 Å². The maximum atomic E-state index is 12.4. The number of rotatable bonds is 4. The topological polar surface area (TPSA) is 85.8 Å². The number of aromatic nitrogens is 3. The number of nitrogen functional groups attached to an aromatic ring is 1. The van der Waals surface area contributed by atoms with E-state index in [-0.39, 0.29) is 17.4 Å². The van der Waals surface area contributed by atoms with Gasteiger partial charge in [-0.25, -0.2) is 4.68 Å². The predicted molar refractivity (Wildman–Crippen MR) is 93.8 cm³/mol. The molecule has 2 aromatic carbocycles. The Balaban J connectivity index is 1.79. The highest BCUT2D eigenvalue weighted by Crippen LogP contribution is 2.16. The van der Waals surface area contributed by atoms with Crippen LogP contribution in [0.2, 0.25) is 0 Å². The molecule has 0 bridgehead atoms. The van der Waals surface area contributed by atoms with E-state index in [1.807, 2.05) is 62.4 Å². The Labute approximate surface area is 140 Å². The molecule has 1 heterocycles. The lowest BCUT2D eigenvalue weighted by atomic mass is 10.1. The summed E-state index contributed by atoms with van der Waals surface area (Å²) in [6, 6.07) is 15.5. The molecule has 0 saturated heterocycles. The van der Waals surface area contributed by atoms with Gasteiger partial charge >= 0.3 is 0 Å². The van der Waals surface area contributed by atoms with Crippen LogP contribution in [0.4, 0.5) is 11.5 Å². The fourth-order valence-corrected chi connectivity index (χ4v) is 2.46. The Kier molecular flexibility index (Phi) is 4.29. The molecule has 0 atom stereocenters. The molecule has 6 nitrogen and oxygen atoms in total. The normalized spacial score (nSPS) is 10.6. The van der Waals surface area contributed by atoms with Gasteiger partial charge in [0.25, 0.3) is 5.91 Å². The number of nitrogens with zero attached hydrogens (tertiary/aromatic N) is 3. The van der Waals surface area contributed by atoms with E-state index in [1.54, 1.807) is 0 Å². The first-order valence-electron chi connectivity index (χ1n) is 7.66. The Bertz CT molecular complexity index is 885. The molecule has 1 amide bonds. The van der Waals surface area contributed by atoms with Crippen molar-refractivity contribution >= 4 is 17.4 Å². The fraction of sp³-hybridized carbons (Fsp3) is 0.167. The van der Waals surface area contributed by atoms with Crippen LogP contribution in [-0.4, -0.2) is 20.9 Å². The monoisotopic (exact) mass is 321 g/mol. The van der Waals surface area contributed by atoms with Gasteiger partial charge in [0.05, 0.1) is 6.54 Å². The van der Waals surface area contributed by atoms with Crippen molar-refractivity contribution in [2.45, 2.75) is 20.4 Å². The molecule has 0 aliphatic heterocycles.